The molecule has 0 aliphatic heterocycles. The molecule has 4 nitrogen and oxygen atoms in total. The molecular formula is C18H19N3O. The van der Waals surface area contributed by atoms with Crippen LogP contribution in [-0.2, 0) is 6.54 Å². The first-order valence-corrected chi connectivity index (χ1v) is 7.32. The lowest BCUT2D eigenvalue weighted by Crippen LogP contribution is -2.00. The Hall–Kier alpha value is -2.62. The molecule has 1 N–H and O–H groups in total. The van der Waals surface area contributed by atoms with Gasteiger partial charge in [-0.15, -0.1) is 0 Å². The van der Waals surface area contributed by atoms with E-state index in [1.165, 1.54) is 16.7 Å². The van der Waals surface area contributed by atoms with Gasteiger partial charge in [0.1, 0.15) is 0 Å². The number of nitrogens with zero attached hydrogens (tertiary/aromatic N) is 2. The van der Waals surface area contributed by atoms with Crippen molar-refractivity contribution in [3.63, 3.8) is 0 Å². The Morgan fingerprint density at radius 3 is 2.27 bits per heavy atom. The van der Waals surface area contributed by atoms with Crippen molar-refractivity contribution in [2.75, 3.05) is 5.32 Å². The number of rotatable bonds is 4. The maximum absolute atomic E-state index is 5.31. The summed E-state index contributed by atoms with van der Waals surface area (Å²) in [7, 11) is 0. The zero-order chi connectivity index (χ0) is 15.5. The average Bonchev–Trinajstić information content (AvgIpc) is 2.94. The molecule has 0 fully saturated rings. The second-order valence-electron chi connectivity index (χ2n) is 5.61. The van der Waals surface area contributed by atoms with Crippen molar-refractivity contribution in [1.29, 1.82) is 0 Å². The van der Waals surface area contributed by atoms with E-state index >= 15 is 0 Å². The van der Waals surface area contributed by atoms with Gasteiger partial charge in [0.2, 0.25) is 11.7 Å². The van der Waals surface area contributed by atoms with E-state index < -0.39 is 0 Å². The van der Waals surface area contributed by atoms with E-state index in [0.29, 0.717) is 18.3 Å². The summed E-state index contributed by atoms with van der Waals surface area (Å²) in [5, 5.41) is 7.36. The van der Waals surface area contributed by atoms with Gasteiger partial charge in [0.25, 0.3) is 0 Å². The second kappa shape index (κ2) is 6.02. The van der Waals surface area contributed by atoms with Crippen molar-refractivity contribution < 1.29 is 4.52 Å². The molecule has 0 spiro atoms. The van der Waals surface area contributed by atoms with Crippen LogP contribution in [-0.4, -0.2) is 10.1 Å². The molecule has 0 amide bonds. The highest BCUT2D eigenvalue weighted by molar-refractivity contribution is 5.54. The van der Waals surface area contributed by atoms with Crippen molar-refractivity contribution in [2.24, 2.45) is 0 Å². The molecule has 3 aromatic rings. The van der Waals surface area contributed by atoms with Crippen LogP contribution in [0.5, 0.6) is 0 Å². The molecule has 4 heteroatoms. The summed E-state index contributed by atoms with van der Waals surface area (Å²) in [4.78, 5) is 4.43. The van der Waals surface area contributed by atoms with Crippen LogP contribution in [0.4, 0.5) is 5.69 Å². The van der Waals surface area contributed by atoms with Gasteiger partial charge in [-0.1, -0.05) is 41.1 Å². The first-order valence-electron chi connectivity index (χ1n) is 7.32. The molecular weight excluding hydrogens is 274 g/mol. The number of nitrogens with one attached hydrogen (secondary N) is 1. The number of hydrogen-bond donors (Lipinski definition) is 1. The summed E-state index contributed by atoms with van der Waals surface area (Å²) in [6, 6.07) is 14.4. The van der Waals surface area contributed by atoms with Crippen LogP contribution in [0.15, 0.2) is 47.0 Å². The maximum atomic E-state index is 5.31. The normalized spacial score (nSPS) is 10.7. The molecule has 0 saturated carbocycles. The Balaban J connectivity index is 1.70. The molecule has 2 aromatic carbocycles. The van der Waals surface area contributed by atoms with Crippen molar-refractivity contribution in [3.8, 4) is 11.4 Å². The van der Waals surface area contributed by atoms with E-state index in [0.717, 1.165) is 11.3 Å². The molecule has 22 heavy (non-hydrogen) atoms. The lowest BCUT2D eigenvalue weighted by Gasteiger charge is -2.06. The van der Waals surface area contributed by atoms with Gasteiger partial charge in [-0.25, -0.2) is 0 Å². The highest BCUT2D eigenvalue weighted by Gasteiger charge is 2.08. The van der Waals surface area contributed by atoms with E-state index in [1.54, 1.807) is 0 Å². The Kier molecular flexibility index (Phi) is 3.92. The van der Waals surface area contributed by atoms with Crippen molar-refractivity contribution in [2.45, 2.75) is 27.3 Å². The van der Waals surface area contributed by atoms with Gasteiger partial charge in [-0.3, -0.25) is 0 Å². The fraction of sp³-hybridized carbons (Fsp3) is 0.222. The quantitative estimate of drug-likeness (QED) is 0.780. The SMILES string of the molecule is Cc1ccc(-c2noc(CNc3cc(C)cc(C)c3)n2)cc1. The zero-order valence-corrected chi connectivity index (χ0v) is 13.1. The summed E-state index contributed by atoms with van der Waals surface area (Å²) in [6.45, 7) is 6.74. The molecule has 0 radical (unpaired) electrons. The molecule has 0 atom stereocenters. The number of aryl methyl sites for hydroxylation is 3. The highest BCUT2D eigenvalue weighted by atomic mass is 16.5. The van der Waals surface area contributed by atoms with E-state index in [2.05, 4.69) is 54.4 Å². The standard InChI is InChI=1S/C18H19N3O/c1-12-4-6-15(7-5-12)18-20-17(22-21-18)11-19-16-9-13(2)8-14(3)10-16/h4-10,19H,11H2,1-3H3. The molecule has 0 aliphatic rings. The predicted octanol–water partition coefficient (Wildman–Crippen LogP) is 4.27. The fourth-order valence-electron chi connectivity index (χ4n) is 2.40. The second-order valence-corrected chi connectivity index (χ2v) is 5.61. The lowest BCUT2D eigenvalue weighted by atomic mass is 10.1. The van der Waals surface area contributed by atoms with Crippen LogP contribution in [0.25, 0.3) is 11.4 Å². The molecule has 0 bridgehead atoms. The van der Waals surface area contributed by atoms with Crippen molar-refractivity contribution in [3.05, 3.63) is 65.0 Å². The van der Waals surface area contributed by atoms with E-state index in [9.17, 15) is 0 Å². The minimum absolute atomic E-state index is 0.516. The summed E-state index contributed by atoms with van der Waals surface area (Å²) in [5.41, 5.74) is 5.70. The highest BCUT2D eigenvalue weighted by Crippen LogP contribution is 2.18. The van der Waals surface area contributed by atoms with Crippen LogP contribution in [0.1, 0.15) is 22.6 Å². The lowest BCUT2D eigenvalue weighted by molar-refractivity contribution is 0.384. The smallest absolute Gasteiger partial charge is 0.246 e. The van der Waals surface area contributed by atoms with Gasteiger partial charge < -0.3 is 9.84 Å². The summed E-state index contributed by atoms with van der Waals surface area (Å²) in [5.74, 6) is 1.20. The monoisotopic (exact) mass is 293 g/mol. The van der Waals surface area contributed by atoms with Gasteiger partial charge in [0.05, 0.1) is 6.54 Å². The molecule has 1 heterocycles. The molecule has 0 aliphatic carbocycles. The summed E-state index contributed by atoms with van der Waals surface area (Å²) in [6.07, 6.45) is 0. The molecule has 0 saturated heterocycles. The molecule has 0 unspecified atom stereocenters. The van der Waals surface area contributed by atoms with Gasteiger partial charge in [0, 0.05) is 11.3 Å². The third-order valence-electron chi connectivity index (χ3n) is 3.44. The van der Waals surface area contributed by atoms with Crippen molar-refractivity contribution in [1.82, 2.24) is 10.1 Å². The van der Waals surface area contributed by atoms with E-state index in [1.807, 2.05) is 24.3 Å². The number of anilines is 1. The first-order chi connectivity index (χ1) is 10.6. The van der Waals surface area contributed by atoms with Gasteiger partial charge >= 0.3 is 0 Å². The Labute approximate surface area is 130 Å². The van der Waals surface area contributed by atoms with Gasteiger partial charge in [-0.05, 0) is 44.0 Å². The summed E-state index contributed by atoms with van der Waals surface area (Å²) < 4.78 is 5.31. The van der Waals surface area contributed by atoms with Crippen molar-refractivity contribution >= 4 is 5.69 Å². The molecule has 1 aromatic heterocycles. The third-order valence-corrected chi connectivity index (χ3v) is 3.44. The molecule has 112 valence electrons. The largest absolute Gasteiger partial charge is 0.376 e. The van der Waals surface area contributed by atoms with Gasteiger partial charge in [0.15, 0.2) is 0 Å². The summed E-state index contributed by atoms with van der Waals surface area (Å²) >= 11 is 0. The fourth-order valence-corrected chi connectivity index (χ4v) is 2.40. The average molecular weight is 293 g/mol. The number of benzene rings is 2. The Morgan fingerprint density at radius 1 is 0.909 bits per heavy atom. The minimum Gasteiger partial charge on any atom is -0.376 e. The maximum Gasteiger partial charge on any atom is 0.246 e. The van der Waals surface area contributed by atoms with Crippen LogP contribution >= 0.6 is 0 Å². The van der Waals surface area contributed by atoms with Gasteiger partial charge in [-0.2, -0.15) is 4.98 Å². The van der Waals surface area contributed by atoms with E-state index in [-0.39, 0.29) is 0 Å². The Morgan fingerprint density at radius 2 is 1.59 bits per heavy atom. The first kappa shape index (κ1) is 14.3. The number of hydrogen-bond acceptors (Lipinski definition) is 4. The van der Waals surface area contributed by atoms with Crippen LogP contribution in [0.2, 0.25) is 0 Å². The third kappa shape index (κ3) is 3.34. The molecule has 3 rings (SSSR count). The Bertz CT molecular complexity index is 755. The minimum atomic E-state index is 0.516. The number of aromatic nitrogens is 2. The predicted molar refractivity (Wildman–Crippen MR) is 87.7 cm³/mol. The topological polar surface area (TPSA) is 51.0 Å². The van der Waals surface area contributed by atoms with Crippen LogP contribution in [0, 0.1) is 20.8 Å². The van der Waals surface area contributed by atoms with E-state index in [4.69, 9.17) is 4.52 Å². The van der Waals surface area contributed by atoms with Crippen LogP contribution in [0.3, 0.4) is 0 Å². The zero-order valence-electron chi connectivity index (χ0n) is 13.1. The van der Waals surface area contributed by atoms with Crippen LogP contribution < -0.4 is 5.32 Å².